The maximum absolute atomic E-state index is 11.7. The lowest BCUT2D eigenvalue weighted by Gasteiger charge is -2.11. The molecule has 0 unspecified atom stereocenters. The number of hydrogen-bond acceptors (Lipinski definition) is 3. The molecule has 0 bridgehead atoms. The summed E-state index contributed by atoms with van der Waals surface area (Å²) in [6, 6.07) is 17.6. The normalized spacial score (nSPS) is 11.9. The molecule has 0 saturated carbocycles. The highest BCUT2D eigenvalue weighted by atomic mass is 16.5. The summed E-state index contributed by atoms with van der Waals surface area (Å²) < 4.78 is 4.86. The molecule has 0 heterocycles. The molecule has 2 rings (SSSR count). The Hall–Kier alpha value is -2.17. The summed E-state index contributed by atoms with van der Waals surface area (Å²) in [4.78, 5) is 11.7. The van der Waals surface area contributed by atoms with Crippen molar-refractivity contribution in [1.82, 2.24) is 5.32 Å². The van der Waals surface area contributed by atoms with Crippen molar-refractivity contribution >= 4 is 5.91 Å². The van der Waals surface area contributed by atoms with Gasteiger partial charge in [-0.1, -0.05) is 54.6 Å². The molecule has 2 aromatic carbocycles. The lowest BCUT2D eigenvalue weighted by atomic mass is 10.0. The molecule has 0 aromatic heterocycles. The molecule has 0 fully saturated rings. The molecule has 0 radical (unpaired) electrons. The molecule has 2 aromatic rings. The Morgan fingerprint density at radius 2 is 1.71 bits per heavy atom. The molecule has 1 amide bonds. The number of ether oxygens (including phenoxy) is 1. The number of methoxy groups -OCH3 is 1. The number of nitrogens with two attached hydrogens (primary N) is 1. The van der Waals surface area contributed by atoms with Crippen LogP contribution in [0, 0.1) is 0 Å². The number of nitrogens with one attached hydrogen (secondary N) is 1. The zero-order chi connectivity index (χ0) is 15.1. The van der Waals surface area contributed by atoms with Gasteiger partial charge in [0.2, 0.25) is 5.91 Å². The third kappa shape index (κ3) is 4.41. The van der Waals surface area contributed by atoms with Gasteiger partial charge in [-0.2, -0.15) is 0 Å². The van der Waals surface area contributed by atoms with Crippen molar-refractivity contribution in [1.29, 1.82) is 0 Å². The fraction of sp³-hybridized carbons (Fsp3) is 0.235. The lowest BCUT2D eigenvalue weighted by Crippen LogP contribution is -2.43. The first-order valence-corrected chi connectivity index (χ1v) is 6.87. The van der Waals surface area contributed by atoms with E-state index in [4.69, 9.17) is 10.5 Å². The third-order valence-corrected chi connectivity index (χ3v) is 3.21. The Labute approximate surface area is 124 Å². The van der Waals surface area contributed by atoms with E-state index in [-0.39, 0.29) is 12.5 Å². The van der Waals surface area contributed by atoms with Gasteiger partial charge in [0.1, 0.15) is 6.04 Å². The van der Waals surface area contributed by atoms with Crippen molar-refractivity contribution < 1.29 is 9.53 Å². The van der Waals surface area contributed by atoms with Gasteiger partial charge in [-0.25, -0.2) is 0 Å². The maximum atomic E-state index is 11.7. The van der Waals surface area contributed by atoms with E-state index >= 15 is 0 Å². The van der Waals surface area contributed by atoms with Gasteiger partial charge in [0.05, 0.1) is 6.61 Å². The molecule has 4 nitrogen and oxygen atoms in total. The van der Waals surface area contributed by atoms with E-state index in [0.29, 0.717) is 6.54 Å². The Morgan fingerprint density at radius 3 is 2.33 bits per heavy atom. The Bertz CT molecular complexity index is 567. The van der Waals surface area contributed by atoms with Crippen LogP contribution in [0.4, 0.5) is 0 Å². The number of carbonyl (C=O) groups excluding carboxylic acids is 1. The van der Waals surface area contributed by atoms with Crippen molar-refractivity contribution in [3.05, 3.63) is 60.2 Å². The molecular formula is C17H20N2O2. The molecule has 0 aliphatic rings. The Morgan fingerprint density at radius 1 is 1.10 bits per heavy atom. The van der Waals surface area contributed by atoms with Gasteiger partial charge in [0, 0.05) is 13.7 Å². The van der Waals surface area contributed by atoms with Crippen LogP contribution < -0.4 is 11.1 Å². The average molecular weight is 284 g/mol. The topological polar surface area (TPSA) is 64.3 Å². The number of hydrogen-bond donors (Lipinski definition) is 2. The van der Waals surface area contributed by atoms with Crippen molar-refractivity contribution in [2.24, 2.45) is 5.73 Å². The van der Waals surface area contributed by atoms with E-state index in [1.54, 1.807) is 0 Å². The number of amides is 1. The highest BCUT2D eigenvalue weighted by Crippen LogP contribution is 2.19. The monoisotopic (exact) mass is 284 g/mol. The third-order valence-electron chi connectivity index (χ3n) is 3.21. The molecule has 110 valence electrons. The van der Waals surface area contributed by atoms with Crippen molar-refractivity contribution in [2.45, 2.75) is 12.6 Å². The molecule has 21 heavy (non-hydrogen) atoms. The molecule has 0 saturated heterocycles. The minimum absolute atomic E-state index is 0.205. The lowest BCUT2D eigenvalue weighted by molar-refractivity contribution is -0.123. The summed E-state index contributed by atoms with van der Waals surface area (Å²) in [5, 5.41) is 2.80. The summed E-state index contributed by atoms with van der Waals surface area (Å²) in [5.74, 6) is -0.205. The van der Waals surface area contributed by atoms with Gasteiger partial charge in [-0.15, -0.1) is 0 Å². The number of rotatable bonds is 6. The quantitative estimate of drug-likeness (QED) is 0.852. The fourth-order valence-corrected chi connectivity index (χ4v) is 2.02. The van der Waals surface area contributed by atoms with E-state index in [2.05, 4.69) is 17.4 Å². The van der Waals surface area contributed by atoms with Crippen LogP contribution in [-0.2, 0) is 16.1 Å². The van der Waals surface area contributed by atoms with Crippen molar-refractivity contribution in [2.75, 3.05) is 13.7 Å². The van der Waals surface area contributed by atoms with Gasteiger partial charge < -0.3 is 15.8 Å². The van der Waals surface area contributed by atoms with E-state index in [0.717, 1.165) is 11.1 Å². The van der Waals surface area contributed by atoms with Crippen LogP contribution in [0.1, 0.15) is 5.56 Å². The number of carbonyl (C=O) groups is 1. The van der Waals surface area contributed by atoms with Crippen molar-refractivity contribution in [3.8, 4) is 11.1 Å². The zero-order valence-electron chi connectivity index (χ0n) is 12.1. The summed E-state index contributed by atoms with van der Waals surface area (Å²) in [6.07, 6.45) is 0. The van der Waals surface area contributed by atoms with Crippen molar-refractivity contribution in [3.63, 3.8) is 0 Å². The molecule has 3 N–H and O–H groups in total. The summed E-state index contributed by atoms with van der Waals surface area (Å²) >= 11 is 0. The van der Waals surface area contributed by atoms with Gasteiger partial charge in [-0.05, 0) is 16.7 Å². The zero-order valence-corrected chi connectivity index (χ0v) is 12.1. The van der Waals surface area contributed by atoms with Crippen LogP contribution in [0.3, 0.4) is 0 Å². The second-order valence-electron chi connectivity index (χ2n) is 4.84. The smallest absolute Gasteiger partial charge is 0.239 e. The molecular weight excluding hydrogens is 264 g/mol. The first-order valence-electron chi connectivity index (χ1n) is 6.87. The minimum Gasteiger partial charge on any atom is -0.383 e. The highest BCUT2D eigenvalue weighted by molar-refractivity contribution is 5.81. The van der Waals surface area contributed by atoms with Gasteiger partial charge in [-0.3, -0.25) is 4.79 Å². The van der Waals surface area contributed by atoms with E-state index in [9.17, 15) is 4.79 Å². The van der Waals surface area contributed by atoms with Crippen LogP contribution in [0.25, 0.3) is 11.1 Å². The number of benzene rings is 2. The summed E-state index contributed by atoms with van der Waals surface area (Å²) in [5.41, 5.74) is 9.02. The minimum atomic E-state index is -0.626. The second kappa shape index (κ2) is 7.57. The Balaban J connectivity index is 1.93. The van der Waals surface area contributed by atoms with Gasteiger partial charge in [0.15, 0.2) is 0 Å². The maximum Gasteiger partial charge on any atom is 0.239 e. The Kier molecular flexibility index (Phi) is 5.49. The average Bonchev–Trinajstić information content (AvgIpc) is 2.54. The SMILES string of the molecule is COC[C@@H](N)C(=O)NCc1ccc(-c2ccccc2)cc1. The van der Waals surface area contributed by atoms with E-state index in [1.165, 1.54) is 12.7 Å². The van der Waals surface area contributed by atoms with Gasteiger partial charge in [0.25, 0.3) is 0 Å². The van der Waals surface area contributed by atoms with E-state index in [1.807, 2.05) is 42.5 Å². The van der Waals surface area contributed by atoms with Crippen LogP contribution in [0.5, 0.6) is 0 Å². The molecule has 0 aliphatic carbocycles. The predicted octanol–water partition coefficient (Wildman–Crippen LogP) is 1.94. The van der Waals surface area contributed by atoms with Crippen LogP contribution in [-0.4, -0.2) is 25.7 Å². The van der Waals surface area contributed by atoms with Crippen LogP contribution in [0.2, 0.25) is 0 Å². The van der Waals surface area contributed by atoms with Crippen LogP contribution in [0.15, 0.2) is 54.6 Å². The molecule has 0 aliphatic heterocycles. The highest BCUT2D eigenvalue weighted by Gasteiger charge is 2.12. The largest absolute Gasteiger partial charge is 0.383 e. The van der Waals surface area contributed by atoms with Gasteiger partial charge >= 0.3 is 0 Å². The summed E-state index contributed by atoms with van der Waals surface area (Å²) in [6.45, 7) is 0.685. The fourth-order valence-electron chi connectivity index (χ4n) is 2.02. The van der Waals surface area contributed by atoms with Crippen LogP contribution >= 0.6 is 0 Å². The van der Waals surface area contributed by atoms with E-state index < -0.39 is 6.04 Å². The first-order chi connectivity index (χ1) is 10.2. The molecule has 0 spiro atoms. The second-order valence-corrected chi connectivity index (χ2v) is 4.84. The molecule has 4 heteroatoms. The standard InChI is InChI=1S/C17H20N2O2/c1-21-12-16(18)17(20)19-11-13-7-9-15(10-8-13)14-5-3-2-4-6-14/h2-10,16H,11-12,18H2,1H3,(H,19,20)/t16-/m1/s1. The first kappa shape index (κ1) is 15.2. The predicted molar refractivity (Wildman–Crippen MR) is 83.6 cm³/mol. The molecule has 1 atom stereocenters. The summed E-state index contributed by atoms with van der Waals surface area (Å²) in [7, 11) is 1.52.